The van der Waals surface area contributed by atoms with Gasteiger partial charge in [0.15, 0.2) is 0 Å². The minimum Gasteiger partial charge on any atom is -0.480 e. The van der Waals surface area contributed by atoms with Gasteiger partial charge in [-0.05, 0) is 28.7 Å². The number of aliphatic carboxylic acids is 1. The SMILES string of the molecule is COC(=O)CC[C@H](NC(=O)OCC1c2ccccc2-c2ccccc21)C(=O)O. The van der Waals surface area contributed by atoms with Crippen LogP contribution >= 0.6 is 0 Å². The Kier molecular flexibility index (Phi) is 5.93. The Balaban J connectivity index is 1.64. The number of benzene rings is 2. The molecule has 0 saturated carbocycles. The Morgan fingerprint density at radius 1 is 1.04 bits per heavy atom. The fourth-order valence-electron chi connectivity index (χ4n) is 3.40. The van der Waals surface area contributed by atoms with E-state index in [1.165, 1.54) is 7.11 Å². The molecule has 1 aliphatic carbocycles. The molecule has 2 aromatic carbocycles. The summed E-state index contributed by atoms with van der Waals surface area (Å²) < 4.78 is 9.81. The molecule has 1 aliphatic rings. The van der Waals surface area contributed by atoms with E-state index in [9.17, 15) is 19.5 Å². The molecular weight excluding hydrogens is 362 g/mol. The summed E-state index contributed by atoms with van der Waals surface area (Å²) in [7, 11) is 1.22. The van der Waals surface area contributed by atoms with Crippen LogP contribution in [0.1, 0.15) is 29.9 Å². The second kappa shape index (κ2) is 8.56. The van der Waals surface area contributed by atoms with E-state index in [0.717, 1.165) is 22.3 Å². The zero-order valence-corrected chi connectivity index (χ0v) is 15.4. The zero-order chi connectivity index (χ0) is 20.1. The number of carbonyl (C=O) groups excluding carboxylic acids is 2. The van der Waals surface area contributed by atoms with Crippen LogP contribution in [0.2, 0.25) is 0 Å². The molecule has 0 saturated heterocycles. The van der Waals surface area contributed by atoms with E-state index in [-0.39, 0.29) is 25.4 Å². The fourth-order valence-corrected chi connectivity index (χ4v) is 3.40. The molecule has 1 atom stereocenters. The Morgan fingerprint density at radius 3 is 2.14 bits per heavy atom. The molecule has 0 spiro atoms. The molecule has 1 amide bonds. The minimum atomic E-state index is -1.24. The third-order valence-electron chi connectivity index (χ3n) is 4.80. The number of alkyl carbamates (subject to hydrolysis) is 1. The summed E-state index contributed by atoms with van der Waals surface area (Å²) in [4.78, 5) is 34.6. The first-order valence-electron chi connectivity index (χ1n) is 8.92. The molecule has 0 bridgehead atoms. The fraction of sp³-hybridized carbons (Fsp3) is 0.286. The zero-order valence-electron chi connectivity index (χ0n) is 15.4. The second-order valence-electron chi connectivity index (χ2n) is 6.48. The second-order valence-corrected chi connectivity index (χ2v) is 6.48. The van der Waals surface area contributed by atoms with Crippen molar-refractivity contribution in [3.63, 3.8) is 0 Å². The number of fused-ring (bicyclic) bond motifs is 3. The highest BCUT2D eigenvalue weighted by atomic mass is 16.5. The third kappa shape index (κ3) is 4.14. The number of rotatable bonds is 7. The van der Waals surface area contributed by atoms with Crippen LogP contribution in [-0.2, 0) is 19.1 Å². The van der Waals surface area contributed by atoms with Crippen molar-refractivity contribution in [1.82, 2.24) is 5.32 Å². The normalized spacial score (nSPS) is 13.2. The molecule has 7 heteroatoms. The van der Waals surface area contributed by atoms with Crippen LogP contribution in [0, 0.1) is 0 Å². The van der Waals surface area contributed by atoms with Gasteiger partial charge < -0.3 is 19.9 Å². The van der Waals surface area contributed by atoms with Crippen molar-refractivity contribution in [2.24, 2.45) is 0 Å². The summed E-state index contributed by atoms with van der Waals surface area (Å²) in [5, 5.41) is 11.5. The first-order valence-corrected chi connectivity index (χ1v) is 8.92. The molecule has 3 rings (SSSR count). The summed E-state index contributed by atoms with van der Waals surface area (Å²) in [6, 6.07) is 14.6. The van der Waals surface area contributed by atoms with Crippen molar-refractivity contribution < 1.29 is 29.0 Å². The van der Waals surface area contributed by atoms with E-state index in [4.69, 9.17) is 4.74 Å². The van der Waals surface area contributed by atoms with Crippen LogP contribution < -0.4 is 5.32 Å². The third-order valence-corrected chi connectivity index (χ3v) is 4.80. The first-order chi connectivity index (χ1) is 13.5. The van der Waals surface area contributed by atoms with Crippen molar-refractivity contribution >= 4 is 18.0 Å². The summed E-state index contributed by atoms with van der Waals surface area (Å²) in [5.74, 6) is -1.89. The number of hydrogen-bond donors (Lipinski definition) is 2. The summed E-state index contributed by atoms with van der Waals surface area (Å²) >= 11 is 0. The van der Waals surface area contributed by atoms with Crippen LogP contribution in [0.3, 0.4) is 0 Å². The Labute approximate surface area is 162 Å². The number of carbonyl (C=O) groups is 3. The van der Waals surface area contributed by atoms with Gasteiger partial charge in [0.2, 0.25) is 0 Å². The average Bonchev–Trinajstić information content (AvgIpc) is 3.03. The Morgan fingerprint density at radius 2 is 1.61 bits per heavy atom. The molecule has 7 nitrogen and oxygen atoms in total. The van der Waals surface area contributed by atoms with Gasteiger partial charge >= 0.3 is 18.0 Å². The smallest absolute Gasteiger partial charge is 0.407 e. The maximum Gasteiger partial charge on any atom is 0.407 e. The summed E-state index contributed by atoms with van der Waals surface area (Å²) in [6.07, 6.45) is -1.03. The number of esters is 1. The summed E-state index contributed by atoms with van der Waals surface area (Å²) in [6.45, 7) is 0.0865. The number of carboxylic acids is 1. The number of methoxy groups -OCH3 is 1. The number of nitrogens with one attached hydrogen (secondary N) is 1. The quantitative estimate of drug-likeness (QED) is 0.713. The van der Waals surface area contributed by atoms with Gasteiger partial charge in [0.05, 0.1) is 7.11 Å². The van der Waals surface area contributed by atoms with Gasteiger partial charge in [-0.25, -0.2) is 9.59 Å². The van der Waals surface area contributed by atoms with Crippen LogP contribution in [-0.4, -0.2) is 42.9 Å². The average molecular weight is 383 g/mol. The monoisotopic (exact) mass is 383 g/mol. The van der Waals surface area contributed by atoms with Crippen LogP contribution in [0.15, 0.2) is 48.5 Å². The Hall–Kier alpha value is -3.35. The van der Waals surface area contributed by atoms with Gasteiger partial charge in [-0.1, -0.05) is 48.5 Å². The number of hydrogen-bond acceptors (Lipinski definition) is 5. The number of carboxylic acid groups (broad SMARTS) is 1. The van der Waals surface area contributed by atoms with E-state index in [1.807, 2.05) is 48.5 Å². The van der Waals surface area contributed by atoms with E-state index >= 15 is 0 Å². The largest absolute Gasteiger partial charge is 0.480 e. The molecule has 2 aromatic rings. The van der Waals surface area contributed by atoms with Crippen molar-refractivity contribution in [2.45, 2.75) is 24.8 Å². The highest BCUT2D eigenvalue weighted by molar-refractivity contribution is 5.81. The van der Waals surface area contributed by atoms with E-state index in [2.05, 4.69) is 10.1 Å². The lowest BCUT2D eigenvalue weighted by molar-refractivity contribution is -0.142. The molecule has 0 aliphatic heterocycles. The van der Waals surface area contributed by atoms with Gasteiger partial charge in [0, 0.05) is 12.3 Å². The first kappa shape index (κ1) is 19.4. The van der Waals surface area contributed by atoms with Gasteiger partial charge in [0.25, 0.3) is 0 Å². The van der Waals surface area contributed by atoms with Crippen LogP contribution in [0.25, 0.3) is 11.1 Å². The molecular formula is C21H21NO6. The van der Waals surface area contributed by atoms with E-state index in [1.54, 1.807) is 0 Å². The van der Waals surface area contributed by atoms with Crippen molar-refractivity contribution in [3.05, 3.63) is 59.7 Å². The lowest BCUT2D eigenvalue weighted by Gasteiger charge is -2.17. The highest BCUT2D eigenvalue weighted by Crippen LogP contribution is 2.44. The lowest BCUT2D eigenvalue weighted by Crippen LogP contribution is -2.41. The molecule has 28 heavy (non-hydrogen) atoms. The summed E-state index contributed by atoms with van der Waals surface area (Å²) in [5.41, 5.74) is 4.34. The molecule has 0 aromatic heterocycles. The van der Waals surface area contributed by atoms with Crippen molar-refractivity contribution in [3.8, 4) is 11.1 Å². The van der Waals surface area contributed by atoms with Gasteiger partial charge in [-0.15, -0.1) is 0 Å². The highest BCUT2D eigenvalue weighted by Gasteiger charge is 2.29. The maximum atomic E-state index is 12.1. The molecule has 146 valence electrons. The van der Waals surface area contributed by atoms with Gasteiger partial charge in [0.1, 0.15) is 12.6 Å². The molecule has 0 unspecified atom stereocenters. The topological polar surface area (TPSA) is 102 Å². The van der Waals surface area contributed by atoms with Gasteiger partial charge in [-0.2, -0.15) is 0 Å². The Bertz CT molecular complexity index is 848. The lowest BCUT2D eigenvalue weighted by atomic mass is 9.98. The molecule has 0 heterocycles. The predicted molar refractivity (Wildman–Crippen MR) is 101 cm³/mol. The van der Waals surface area contributed by atoms with Crippen molar-refractivity contribution in [1.29, 1.82) is 0 Å². The predicted octanol–water partition coefficient (Wildman–Crippen LogP) is 2.93. The van der Waals surface area contributed by atoms with E-state index in [0.29, 0.717) is 0 Å². The standard InChI is InChI=1S/C21H21NO6/c1-27-19(23)11-10-18(20(24)25)22-21(26)28-12-17-15-8-4-2-6-13(15)14-7-3-5-9-16(14)17/h2-9,17-18H,10-12H2,1H3,(H,22,26)(H,24,25)/t18-/m0/s1. The molecule has 2 N–H and O–H groups in total. The van der Waals surface area contributed by atoms with Gasteiger partial charge in [-0.3, -0.25) is 4.79 Å². The minimum absolute atomic E-state index is 0.0772. The maximum absolute atomic E-state index is 12.1. The number of ether oxygens (including phenoxy) is 2. The van der Waals surface area contributed by atoms with Crippen LogP contribution in [0.5, 0.6) is 0 Å². The van der Waals surface area contributed by atoms with E-state index < -0.39 is 24.1 Å². The van der Waals surface area contributed by atoms with Crippen molar-refractivity contribution in [2.75, 3.05) is 13.7 Å². The number of amides is 1. The molecule has 0 radical (unpaired) electrons. The van der Waals surface area contributed by atoms with Crippen LogP contribution in [0.4, 0.5) is 4.79 Å². The molecule has 0 fully saturated rings.